The highest BCUT2D eigenvalue weighted by Crippen LogP contribution is 2.25. The quantitative estimate of drug-likeness (QED) is 0.636. The fourth-order valence-electron chi connectivity index (χ4n) is 0.959. The van der Waals surface area contributed by atoms with Crippen LogP contribution in [-0.2, 0) is 6.42 Å². The van der Waals surface area contributed by atoms with Gasteiger partial charge in [-0.05, 0) is 40.5 Å². The Hall–Kier alpha value is -0.550. The third kappa shape index (κ3) is 2.03. The van der Waals surface area contributed by atoms with Gasteiger partial charge in [-0.2, -0.15) is 0 Å². The van der Waals surface area contributed by atoms with Crippen LogP contribution in [0.5, 0.6) is 0 Å². The zero-order valence-corrected chi connectivity index (χ0v) is 8.17. The average Bonchev–Trinajstić information content (AvgIpc) is 2.11. The summed E-state index contributed by atoms with van der Waals surface area (Å²) >= 11 is 2.62. The molecule has 0 saturated heterocycles. The minimum absolute atomic E-state index is 0.0771. The van der Waals surface area contributed by atoms with E-state index < -0.39 is 21.9 Å². The van der Waals surface area contributed by atoms with Gasteiger partial charge in [0.05, 0.1) is 4.47 Å². The lowest BCUT2D eigenvalue weighted by molar-refractivity contribution is 0.482. The molecule has 0 atom stereocenters. The molecule has 0 amide bonds. The smallest absolute Gasteiger partial charge is 0.175 e. The molecule has 0 aliphatic carbocycles. The Balaban J connectivity index is 3.24. The highest BCUT2D eigenvalue weighted by atomic mass is 79.9. The first-order valence-electron chi connectivity index (χ1n) is 3.60. The number of benzene rings is 1. The number of hydrogen-bond acceptors (Lipinski definition) is 1. The number of nitrogens with two attached hydrogens (primary N) is 1. The van der Waals surface area contributed by atoms with Gasteiger partial charge in [0.1, 0.15) is 5.82 Å². The lowest BCUT2D eigenvalue weighted by atomic mass is 10.1. The van der Waals surface area contributed by atoms with Crippen molar-refractivity contribution in [2.45, 2.75) is 6.42 Å². The normalized spacial score (nSPS) is 10.5. The monoisotopic (exact) mass is 253 g/mol. The molecule has 0 saturated carbocycles. The molecule has 13 heavy (non-hydrogen) atoms. The van der Waals surface area contributed by atoms with Crippen molar-refractivity contribution >= 4 is 15.9 Å². The highest BCUT2D eigenvalue weighted by molar-refractivity contribution is 9.10. The van der Waals surface area contributed by atoms with Gasteiger partial charge < -0.3 is 5.73 Å². The summed E-state index contributed by atoms with van der Waals surface area (Å²) in [4.78, 5) is 0. The van der Waals surface area contributed by atoms with Crippen LogP contribution in [0.25, 0.3) is 0 Å². The fourth-order valence-corrected chi connectivity index (χ4v) is 1.40. The van der Waals surface area contributed by atoms with Gasteiger partial charge in [0.2, 0.25) is 0 Å². The molecule has 0 bridgehead atoms. The first kappa shape index (κ1) is 10.5. The van der Waals surface area contributed by atoms with Crippen LogP contribution in [0.15, 0.2) is 10.5 Å². The van der Waals surface area contributed by atoms with Gasteiger partial charge in [-0.15, -0.1) is 0 Å². The maximum atomic E-state index is 13.1. The Morgan fingerprint density at radius 3 is 2.38 bits per heavy atom. The first-order valence-corrected chi connectivity index (χ1v) is 4.39. The third-order valence-electron chi connectivity index (χ3n) is 1.59. The Kier molecular flexibility index (Phi) is 3.33. The minimum Gasteiger partial charge on any atom is -0.330 e. The predicted octanol–water partition coefficient (Wildman–Crippen LogP) is 2.37. The summed E-state index contributed by atoms with van der Waals surface area (Å²) in [7, 11) is 0. The second-order valence-electron chi connectivity index (χ2n) is 2.50. The predicted molar refractivity (Wildman–Crippen MR) is 46.8 cm³/mol. The van der Waals surface area contributed by atoms with Gasteiger partial charge >= 0.3 is 0 Å². The maximum Gasteiger partial charge on any atom is 0.175 e. The van der Waals surface area contributed by atoms with E-state index >= 15 is 0 Å². The van der Waals surface area contributed by atoms with Crippen LogP contribution in [-0.4, -0.2) is 6.54 Å². The summed E-state index contributed by atoms with van der Waals surface area (Å²) in [6, 6.07) is 0.822. The van der Waals surface area contributed by atoms with Crippen LogP contribution in [0, 0.1) is 17.5 Å². The maximum absolute atomic E-state index is 13.1. The van der Waals surface area contributed by atoms with Crippen molar-refractivity contribution in [3.8, 4) is 0 Å². The standard InChI is InChI=1S/C8H7BrF3N/c9-6-7(11)4(1-2-13)3-5(10)8(6)12/h3H,1-2,13H2. The molecule has 0 spiro atoms. The van der Waals surface area contributed by atoms with Crippen molar-refractivity contribution in [3.05, 3.63) is 33.6 Å². The lowest BCUT2D eigenvalue weighted by Gasteiger charge is -2.04. The zero-order valence-electron chi connectivity index (χ0n) is 6.58. The van der Waals surface area contributed by atoms with E-state index in [1.54, 1.807) is 0 Å². The Bertz CT molecular complexity index is 328. The summed E-state index contributed by atoms with van der Waals surface area (Å²) in [6.45, 7) is 0.189. The van der Waals surface area contributed by atoms with E-state index in [0.29, 0.717) is 0 Å². The largest absolute Gasteiger partial charge is 0.330 e. The fraction of sp³-hybridized carbons (Fsp3) is 0.250. The summed E-state index contributed by atoms with van der Waals surface area (Å²) in [6.07, 6.45) is 0.182. The second-order valence-corrected chi connectivity index (χ2v) is 3.29. The van der Waals surface area contributed by atoms with E-state index in [1.807, 2.05) is 0 Å². The van der Waals surface area contributed by atoms with Crippen molar-refractivity contribution in [1.82, 2.24) is 0 Å². The molecular formula is C8H7BrF3N. The molecule has 1 rings (SSSR count). The van der Waals surface area contributed by atoms with E-state index in [4.69, 9.17) is 5.73 Å². The highest BCUT2D eigenvalue weighted by Gasteiger charge is 2.15. The molecule has 0 radical (unpaired) electrons. The van der Waals surface area contributed by atoms with E-state index in [1.165, 1.54) is 0 Å². The van der Waals surface area contributed by atoms with Crippen molar-refractivity contribution in [2.24, 2.45) is 5.73 Å². The van der Waals surface area contributed by atoms with Gasteiger partial charge in [0.15, 0.2) is 11.6 Å². The van der Waals surface area contributed by atoms with Crippen LogP contribution < -0.4 is 5.73 Å². The van der Waals surface area contributed by atoms with Gasteiger partial charge in [-0.3, -0.25) is 0 Å². The van der Waals surface area contributed by atoms with E-state index in [9.17, 15) is 13.2 Å². The Morgan fingerprint density at radius 1 is 1.23 bits per heavy atom. The number of halogens is 4. The summed E-state index contributed by atoms with van der Waals surface area (Å²) in [5.41, 5.74) is 5.25. The first-order chi connectivity index (χ1) is 6.07. The van der Waals surface area contributed by atoms with Gasteiger partial charge in [-0.1, -0.05) is 0 Å². The molecule has 72 valence electrons. The van der Waals surface area contributed by atoms with E-state index in [-0.39, 0.29) is 18.5 Å². The van der Waals surface area contributed by atoms with Crippen LogP contribution in [0.2, 0.25) is 0 Å². The summed E-state index contributed by atoms with van der Waals surface area (Å²) in [5, 5.41) is 0. The van der Waals surface area contributed by atoms with Crippen LogP contribution in [0.4, 0.5) is 13.2 Å². The molecule has 5 heteroatoms. The van der Waals surface area contributed by atoms with E-state index in [0.717, 1.165) is 6.07 Å². The molecular weight excluding hydrogens is 247 g/mol. The summed E-state index contributed by atoms with van der Waals surface area (Å²) < 4.78 is 38.1. The molecule has 1 nitrogen and oxygen atoms in total. The molecule has 0 fully saturated rings. The lowest BCUT2D eigenvalue weighted by Crippen LogP contribution is -2.06. The molecule has 0 aliphatic heterocycles. The molecule has 1 aromatic carbocycles. The van der Waals surface area contributed by atoms with E-state index in [2.05, 4.69) is 15.9 Å². The van der Waals surface area contributed by atoms with Crippen molar-refractivity contribution in [3.63, 3.8) is 0 Å². The molecule has 2 N–H and O–H groups in total. The molecule has 0 unspecified atom stereocenters. The number of hydrogen-bond donors (Lipinski definition) is 1. The van der Waals surface area contributed by atoms with Gasteiger partial charge in [0.25, 0.3) is 0 Å². The SMILES string of the molecule is NCCc1cc(F)c(F)c(Br)c1F. The van der Waals surface area contributed by atoms with Crippen molar-refractivity contribution in [1.29, 1.82) is 0 Å². The van der Waals surface area contributed by atoms with Crippen molar-refractivity contribution in [2.75, 3.05) is 6.54 Å². The molecule has 0 heterocycles. The Labute approximate surface area is 81.9 Å². The topological polar surface area (TPSA) is 26.0 Å². The third-order valence-corrected chi connectivity index (χ3v) is 2.29. The zero-order chi connectivity index (χ0) is 10.0. The van der Waals surface area contributed by atoms with Crippen LogP contribution >= 0.6 is 15.9 Å². The second kappa shape index (κ2) is 4.11. The van der Waals surface area contributed by atoms with Crippen LogP contribution in [0.1, 0.15) is 5.56 Å². The number of rotatable bonds is 2. The van der Waals surface area contributed by atoms with Crippen LogP contribution in [0.3, 0.4) is 0 Å². The van der Waals surface area contributed by atoms with Gasteiger partial charge in [-0.25, -0.2) is 13.2 Å². The van der Waals surface area contributed by atoms with Crippen molar-refractivity contribution < 1.29 is 13.2 Å². The molecule has 1 aromatic rings. The summed E-state index contributed by atoms with van der Waals surface area (Å²) in [5.74, 6) is -3.07. The minimum atomic E-state index is -1.21. The average molecular weight is 254 g/mol. The van der Waals surface area contributed by atoms with Gasteiger partial charge in [0, 0.05) is 0 Å². The molecule has 0 aromatic heterocycles. The Morgan fingerprint density at radius 2 is 1.85 bits per heavy atom. The molecule has 0 aliphatic rings.